The van der Waals surface area contributed by atoms with E-state index in [9.17, 15) is 14.0 Å². The molecule has 6 heteroatoms. The number of hydrogen-bond acceptors (Lipinski definition) is 3. The second kappa shape index (κ2) is 4.93. The number of fused-ring (bicyclic) bond motifs is 2. The summed E-state index contributed by atoms with van der Waals surface area (Å²) in [6, 6.07) is 9.80. The Morgan fingerprint density at radius 2 is 1.96 bits per heavy atom. The standard InChI is InChI=1S/C17H9ClFNO3/c18-9-3-1-2-8(6-9)14-13-15(21)11-7-10(19)4-5-12(11)23-16(13)17(22)20-14/h1-7,14H,(H,20,22). The van der Waals surface area contributed by atoms with Crippen LogP contribution >= 0.6 is 11.6 Å². The average Bonchev–Trinajstić information content (AvgIpc) is 2.86. The molecular formula is C17H9ClFNO3. The highest BCUT2D eigenvalue weighted by molar-refractivity contribution is 6.30. The van der Waals surface area contributed by atoms with E-state index in [1.807, 2.05) is 0 Å². The van der Waals surface area contributed by atoms with Crippen LogP contribution < -0.4 is 10.7 Å². The van der Waals surface area contributed by atoms with Gasteiger partial charge in [-0.05, 0) is 35.9 Å². The van der Waals surface area contributed by atoms with E-state index >= 15 is 0 Å². The zero-order valence-electron chi connectivity index (χ0n) is 11.6. The zero-order chi connectivity index (χ0) is 16.1. The molecule has 114 valence electrons. The highest BCUT2D eigenvalue weighted by Crippen LogP contribution is 2.31. The molecule has 1 aliphatic rings. The Bertz CT molecular complexity index is 1030. The summed E-state index contributed by atoms with van der Waals surface area (Å²) in [6.07, 6.45) is 0. The number of benzene rings is 2. The maximum Gasteiger partial charge on any atom is 0.288 e. The highest BCUT2D eigenvalue weighted by atomic mass is 35.5. The lowest BCUT2D eigenvalue weighted by atomic mass is 9.99. The van der Waals surface area contributed by atoms with Gasteiger partial charge in [-0.2, -0.15) is 0 Å². The highest BCUT2D eigenvalue weighted by Gasteiger charge is 2.35. The van der Waals surface area contributed by atoms with Crippen molar-refractivity contribution < 1.29 is 13.6 Å². The minimum Gasteiger partial charge on any atom is -0.450 e. The van der Waals surface area contributed by atoms with Crippen molar-refractivity contribution in [2.75, 3.05) is 0 Å². The molecule has 1 unspecified atom stereocenters. The van der Waals surface area contributed by atoms with E-state index in [-0.39, 0.29) is 22.3 Å². The maximum atomic E-state index is 13.4. The molecule has 0 saturated heterocycles. The Morgan fingerprint density at radius 1 is 1.13 bits per heavy atom. The summed E-state index contributed by atoms with van der Waals surface area (Å²) in [5.41, 5.74) is 0.587. The number of carbonyl (C=O) groups is 1. The first-order chi connectivity index (χ1) is 11.0. The van der Waals surface area contributed by atoms with Crippen LogP contribution in [-0.4, -0.2) is 5.91 Å². The molecule has 1 atom stereocenters. The second-order valence-corrected chi connectivity index (χ2v) is 5.71. The van der Waals surface area contributed by atoms with Gasteiger partial charge in [0.05, 0.1) is 17.0 Å². The summed E-state index contributed by atoms with van der Waals surface area (Å²) < 4.78 is 19.0. The van der Waals surface area contributed by atoms with E-state index in [4.69, 9.17) is 16.0 Å². The summed E-state index contributed by atoms with van der Waals surface area (Å²) in [6.45, 7) is 0. The monoisotopic (exact) mass is 329 g/mol. The molecule has 0 aliphatic carbocycles. The molecule has 4 rings (SSSR count). The van der Waals surface area contributed by atoms with Crippen LogP contribution in [0.25, 0.3) is 11.0 Å². The summed E-state index contributed by atoms with van der Waals surface area (Å²) in [5, 5.41) is 3.30. The van der Waals surface area contributed by atoms with E-state index in [1.54, 1.807) is 24.3 Å². The molecule has 1 aliphatic heterocycles. The number of halogens is 2. The zero-order valence-corrected chi connectivity index (χ0v) is 12.4. The van der Waals surface area contributed by atoms with Gasteiger partial charge in [0, 0.05) is 5.02 Å². The average molecular weight is 330 g/mol. The summed E-state index contributed by atoms with van der Waals surface area (Å²) in [5.74, 6) is -1.06. The smallest absolute Gasteiger partial charge is 0.288 e. The van der Waals surface area contributed by atoms with Crippen LogP contribution in [-0.2, 0) is 0 Å². The third kappa shape index (κ3) is 2.12. The van der Waals surface area contributed by atoms with Crippen molar-refractivity contribution in [3.8, 4) is 0 Å². The molecule has 1 amide bonds. The Kier molecular flexibility index (Phi) is 2.99. The number of rotatable bonds is 1. The van der Waals surface area contributed by atoms with Crippen molar-refractivity contribution >= 4 is 28.5 Å². The topological polar surface area (TPSA) is 59.3 Å². The number of amides is 1. The lowest BCUT2D eigenvalue weighted by Gasteiger charge is -2.11. The van der Waals surface area contributed by atoms with Crippen molar-refractivity contribution in [1.82, 2.24) is 5.32 Å². The number of carbonyl (C=O) groups excluding carboxylic acids is 1. The van der Waals surface area contributed by atoms with Crippen LogP contribution in [0.3, 0.4) is 0 Å². The molecule has 2 aromatic carbocycles. The lowest BCUT2D eigenvalue weighted by molar-refractivity contribution is 0.0938. The normalized spacial score (nSPS) is 16.4. The van der Waals surface area contributed by atoms with Crippen LogP contribution in [0.1, 0.15) is 27.7 Å². The molecule has 0 radical (unpaired) electrons. The van der Waals surface area contributed by atoms with Gasteiger partial charge in [0.15, 0.2) is 5.43 Å². The Morgan fingerprint density at radius 3 is 2.74 bits per heavy atom. The van der Waals surface area contributed by atoms with Crippen LogP contribution in [0.2, 0.25) is 5.02 Å². The Labute approximate surface area is 134 Å². The minimum absolute atomic E-state index is 0.0425. The fourth-order valence-electron chi connectivity index (χ4n) is 2.82. The SMILES string of the molecule is O=C1NC(c2cccc(Cl)c2)c2c1oc1ccc(F)cc1c2=O. The predicted molar refractivity (Wildman–Crippen MR) is 83.2 cm³/mol. The van der Waals surface area contributed by atoms with Crippen LogP contribution in [0.4, 0.5) is 4.39 Å². The van der Waals surface area contributed by atoms with Gasteiger partial charge >= 0.3 is 0 Å². The lowest BCUT2D eigenvalue weighted by Crippen LogP contribution is -2.21. The van der Waals surface area contributed by atoms with Gasteiger partial charge in [0.2, 0.25) is 5.76 Å². The molecule has 0 saturated carbocycles. The molecule has 1 N–H and O–H groups in total. The van der Waals surface area contributed by atoms with Gasteiger partial charge in [-0.15, -0.1) is 0 Å². The second-order valence-electron chi connectivity index (χ2n) is 5.28. The van der Waals surface area contributed by atoms with Gasteiger partial charge in [-0.25, -0.2) is 4.39 Å². The van der Waals surface area contributed by atoms with Crippen molar-refractivity contribution in [2.24, 2.45) is 0 Å². The molecular weight excluding hydrogens is 321 g/mol. The summed E-state index contributed by atoms with van der Waals surface area (Å²) >= 11 is 5.98. The number of nitrogens with one attached hydrogen (secondary N) is 1. The van der Waals surface area contributed by atoms with E-state index in [1.165, 1.54) is 12.1 Å². The van der Waals surface area contributed by atoms with E-state index < -0.39 is 23.2 Å². The van der Waals surface area contributed by atoms with E-state index in [0.29, 0.717) is 10.6 Å². The molecule has 3 aromatic rings. The van der Waals surface area contributed by atoms with Gasteiger partial charge in [-0.3, -0.25) is 9.59 Å². The molecule has 1 aromatic heterocycles. The van der Waals surface area contributed by atoms with Crippen molar-refractivity contribution in [1.29, 1.82) is 0 Å². The van der Waals surface area contributed by atoms with Crippen LogP contribution in [0, 0.1) is 5.82 Å². The number of hydrogen-bond donors (Lipinski definition) is 1. The Hall–Kier alpha value is -2.66. The van der Waals surface area contributed by atoms with Gasteiger partial charge in [-0.1, -0.05) is 23.7 Å². The first-order valence-electron chi connectivity index (χ1n) is 6.87. The first kappa shape index (κ1) is 14.0. The van der Waals surface area contributed by atoms with E-state index in [0.717, 1.165) is 6.07 Å². The van der Waals surface area contributed by atoms with Crippen LogP contribution in [0.15, 0.2) is 51.7 Å². The maximum absolute atomic E-state index is 13.4. The largest absolute Gasteiger partial charge is 0.450 e. The molecule has 0 fully saturated rings. The van der Waals surface area contributed by atoms with Gasteiger partial charge in [0.25, 0.3) is 5.91 Å². The molecule has 23 heavy (non-hydrogen) atoms. The fourth-order valence-corrected chi connectivity index (χ4v) is 3.02. The van der Waals surface area contributed by atoms with Crippen molar-refractivity contribution in [3.63, 3.8) is 0 Å². The molecule has 0 bridgehead atoms. The quantitative estimate of drug-likeness (QED) is 0.744. The molecule has 4 nitrogen and oxygen atoms in total. The summed E-state index contributed by atoms with van der Waals surface area (Å²) in [4.78, 5) is 24.9. The third-order valence-corrected chi connectivity index (χ3v) is 4.07. The van der Waals surface area contributed by atoms with Crippen molar-refractivity contribution in [2.45, 2.75) is 6.04 Å². The first-order valence-corrected chi connectivity index (χ1v) is 7.25. The van der Waals surface area contributed by atoms with Crippen molar-refractivity contribution in [3.05, 3.63) is 80.4 Å². The fraction of sp³-hybridized carbons (Fsp3) is 0.0588. The Balaban J connectivity index is 2.01. The molecule has 2 heterocycles. The van der Waals surface area contributed by atoms with Crippen LogP contribution in [0.5, 0.6) is 0 Å². The predicted octanol–water partition coefficient (Wildman–Crippen LogP) is 3.42. The summed E-state index contributed by atoms with van der Waals surface area (Å²) in [7, 11) is 0. The minimum atomic E-state index is -0.667. The van der Waals surface area contributed by atoms with Gasteiger partial charge < -0.3 is 9.73 Å². The molecule has 0 spiro atoms. The third-order valence-electron chi connectivity index (χ3n) is 3.84. The van der Waals surface area contributed by atoms with Gasteiger partial charge in [0.1, 0.15) is 11.4 Å². The van der Waals surface area contributed by atoms with E-state index in [2.05, 4.69) is 5.32 Å².